The average Bonchev–Trinajstić information content (AvgIpc) is 3.63. The fourth-order valence-electron chi connectivity index (χ4n) is 9.92. The second-order valence-corrected chi connectivity index (χ2v) is 15.6. The Kier molecular flexibility index (Phi) is 7.73. The number of fused-ring (bicyclic) bond motifs is 7. The molecule has 1 aromatic heterocycles. The van der Waals surface area contributed by atoms with Crippen molar-refractivity contribution in [3.8, 4) is 5.69 Å². The van der Waals surface area contributed by atoms with Crippen molar-refractivity contribution in [3.63, 3.8) is 0 Å². The number of nitrogens with zero attached hydrogens (tertiary/aromatic N) is 4. The number of benzene rings is 8. The zero-order valence-electron chi connectivity index (χ0n) is 32.5. The Bertz CT molecular complexity index is 3120. The normalized spacial score (nSPS) is 13.9. The predicted octanol–water partition coefficient (Wildman–Crippen LogP) is 12.2. The van der Waals surface area contributed by atoms with E-state index >= 15 is 0 Å². The molecule has 8 aromatic carbocycles. The Morgan fingerprint density at radius 1 is 0.441 bits per heavy atom. The summed E-state index contributed by atoms with van der Waals surface area (Å²) in [6.45, 7) is -0.00887. The largest absolute Gasteiger partial charge is 0.314 e. The van der Waals surface area contributed by atoms with Crippen LogP contribution in [-0.2, 0) is 0 Å². The molecule has 0 radical (unpaired) electrons. The van der Waals surface area contributed by atoms with E-state index in [9.17, 15) is 0 Å². The molecule has 0 atom stereocenters. The summed E-state index contributed by atoms with van der Waals surface area (Å²) in [5, 5.41) is 2.51. The molecule has 3 aliphatic rings. The zero-order chi connectivity index (χ0) is 38.9. The van der Waals surface area contributed by atoms with Gasteiger partial charge in [-0.15, -0.1) is 0 Å². The molecule has 9 aromatic rings. The molecule has 5 heteroatoms. The summed E-state index contributed by atoms with van der Waals surface area (Å²) in [5.41, 5.74) is 18.1. The van der Waals surface area contributed by atoms with Gasteiger partial charge in [-0.25, -0.2) is 0 Å². The lowest BCUT2D eigenvalue weighted by atomic mass is 9.33. The molecular formula is C54H39BN4. The second kappa shape index (κ2) is 13.6. The molecule has 0 amide bonds. The van der Waals surface area contributed by atoms with Gasteiger partial charge in [0.25, 0.3) is 6.71 Å². The first-order chi connectivity index (χ1) is 29.3. The summed E-state index contributed by atoms with van der Waals surface area (Å²) >= 11 is 0. The summed E-state index contributed by atoms with van der Waals surface area (Å²) in [7, 11) is 0. The van der Waals surface area contributed by atoms with E-state index in [1.54, 1.807) is 0 Å². The highest BCUT2D eigenvalue weighted by Crippen LogP contribution is 2.48. The van der Waals surface area contributed by atoms with Crippen LogP contribution in [0, 0.1) is 0 Å². The molecule has 0 spiro atoms. The van der Waals surface area contributed by atoms with Crippen LogP contribution < -0.4 is 31.1 Å². The van der Waals surface area contributed by atoms with E-state index in [1.807, 2.05) is 0 Å². The first kappa shape index (κ1) is 33.6. The Balaban J connectivity index is 1.23. The third kappa shape index (κ3) is 5.25. The van der Waals surface area contributed by atoms with Crippen molar-refractivity contribution in [3.05, 3.63) is 218 Å². The van der Waals surface area contributed by atoms with E-state index < -0.39 is 0 Å². The SMILES string of the molecule is C1=CCCC(N(c2ccccc2)c2cc3c4c(c2)N(c2ccccc2)c2cc5c(cc2B4c2ccccc2N3c2ccccc2)c2ccccc2n5-c2ccccc2)=C1. The first-order valence-corrected chi connectivity index (χ1v) is 20.6. The van der Waals surface area contributed by atoms with Crippen LogP contribution in [0.15, 0.2) is 218 Å². The van der Waals surface area contributed by atoms with Crippen molar-refractivity contribution in [2.24, 2.45) is 0 Å². The highest BCUT2D eigenvalue weighted by Gasteiger charge is 2.44. The topological polar surface area (TPSA) is 14.7 Å². The molecule has 0 unspecified atom stereocenters. The van der Waals surface area contributed by atoms with Gasteiger partial charge in [-0.3, -0.25) is 0 Å². The number of aromatic nitrogens is 1. The molecule has 0 N–H and O–H groups in total. The first-order valence-electron chi connectivity index (χ1n) is 20.6. The standard InChI is InChI=1S/C54H39BN4/c1-6-20-38(21-7-1)56(39-22-8-2-9-23-39)43-34-52-54-53(35-43)59(42-28-14-5-15-29-42)51-37-50-45(44-30-16-18-32-48(44)57(50)40-24-10-3-11-25-40)36-47(51)55(54)46-31-17-19-33-49(46)58(52)41-26-12-4-13-27-41/h1-8,10-22,24-37H,9,23H2. The van der Waals surface area contributed by atoms with Crippen LogP contribution in [0.3, 0.4) is 0 Å². The number of allylic oxidation sites excluding steroid dienone is 4. The molecular weight excluding hydrogens is 715 g/mol. The average molecular weight is 755 g/mol. The van der Waals surface area contributed by atoms with Crippen LogP contribution in [0.25, 0.3) is 27.5 Å². The Morgan fingerprint density at radius 2 is 1.03 bits per heavy atom. The number of para-hydroxylation sites is 6. The predicted molar refractivity (Wildman–Crippen MR) is 250 cm³/mol. The van der Waals surface area contributed by atoms with Gasteiger partial charge < -0.3 is 19.3 Å². The molecule has 0 saturated carbocycles. The molecule has 0 saturated heterocycles. The number of anilines is 8. The van der Waals surface area contributed by atoms with Gasteiger partial charge in [0.2, 0.25) is 0 Å². The molecule has 0 fully saturated rings. The maximum Gasteiger partial charge on any atom is 0.252 e. The van der Waals surface area contributed by atoms with Crippen LogP contribution in [0.2, 0.25) is 0 Å². The highest BCUT2D eigenvalue weighted by atomic mass is 15.2. The van der Waals surface area contributed by atoms with Crippen LogP contribution in [-0.4, -0.2) is 11.3 Å². The molecule has 0 bridgehead atoms. The van der Waals surface area contributed by atoms with Crippen LogP contribution >= 0.6 is 0 Å². The van der Waals surface area contributed by atoms with Crippen molar-refractivity contribution in [2.75, 3.05) is 14.7 Å². The van der Waals surface area contributed by atoms with E-state index in [4.69, 9.17) is 0 Å². The van der Waals surface area contributed by atoms with Crippen LogP contribution in [0.5, 0.6) is 0 Å². The van der Waals surface area contributed by atoms with Gasteiger partial charge in [0.1, 0.15) is 0 Å². The van der Waals surface area contributed by atoms with Gasteiger partial charge in [0, 0.05) is 67.7 Å². The third-order valence-electron chi connectivity index (χ3n) is 12.3. The molecule has 3 heterocycles. The quantitative estimate of drug-likeness (QED) is 0.157. The Hall–Kier alpha value is -7.50. The van der Waals surface area contributed by atoms with Crippen LogP contribution in [0.4, 0.5) is 45.5 Å². The molecule has 4 nitrogen and oxygen atoms in total. The molecule has 278 valence electrons. The summed E-state index contributed by atoms with van der Waals surface area (Å²) in [4.78, 5) is 7.52. The van der Waals surface area contributed by atoms with E-state index in [-0.39, 0.29) is 6.71 Å². The van der Waals surface area contributed by atoms with Crippen LogP contribution in [0.1, 0.15) is 12.8 Å². The van der Waals surface area contributed by atoms with Crippen molar-refractivity contribution in [1.82, 2.24) is 4.57 Å². The summed E-state index contributed by atoms with van der Waals surface area (Å²) in [6.07, 6.45) is 8.74. The minimum absolute atomic E-state index is 0.00887. The fourth-order valence-corrected chi connectivity index (χ4v) is 9.92. The third-order valence-corrected chi connectivity index (χ3v) is 12.3. The lowest BCUT2D eigenvalue weighted by molar-refractivity contribution is 0.917. The lowest BCUT2D eigenvalue weighted by Crippen LogP contribution is -2.61. The summed E-state index contributed by atoms with van der Waals surface area (Å²) < 4.78 is 2.44. The Morgan fingerprint density at radius 3 is 1.71 bits per heavy atom. The monoisotopic (exact) mass is 754 g/mol. The number of rotatable bonds is 6. The van der Waals surface area contributed by atoms with Gasteiger partial charge in [-0.2, -0.15) is 0 Å². The van der Waals surface area contributed by atoms with E-state index in [2.05, 4.69) is 232 Å². The van der Waals surface area contributed by atoms with E-state index in [1.165, 1.54) is 66.6 Å². The summed E-state index contributed by atoms with van der Waals surface area (Å²) in [6, 6.07) is 71.4. The highest BCUT2D eigenvalue weighted by molar-refractivity contribution is 7.00. The molecule has 59 heavy (non-hydrogen) atoms. The lowest BCUT2D eigenvalue weighted by Gasteiger charge is -2.45. The maximum absolute atomic E-state index is 2.54. The minimum atomic E-state index is -0.00887. The smallest absolute Gasteiger partial charge is 0.252 e. The number of hydrogen-bond acceptors (Lipinski definition) is 3. The fraction of sp³-hybridized carbons (Fsp3) is 0.0370. The van der Waals surface area contributed by atoms with E-state index in [0.29, 0.717) is 0 Å². The molecule has 12 rings (SSSR count). The van der Waals surface area contributed by atoms with Gasteiger partial charge >= 0.3 is 0 Å². The zero-order valence-corrected chi connectivity index (χ0v) is 32.5. The minimum Gasteiger partial charge on any atom is -0.314 e. The van der Waals surface area contributed by atoms with Crippen molar-refractivity contribution < 1.29 is 0 Å². The summed E-state index contributed by atoms with van der Waals surface area (Å²) in [5.74, 6) is 0. The van der Waals surface area contributed by atoms with Gasteiger partial charge in [-0.1, -0.05) is 127 Å². The van der Waals surface area contributed by atoms with Gasteiger partial charge in [0.05, 0.1) is 11.0 Å². The second-order valence-electron chi connectivity index (χ2n) is 15.6. The van der Waals surface area contributed by atoms with Gasteiger partial charge in [-0.05, 0) is 114 Å². The maximum atomic E-state index is 2.54. The number of hydrogen-bond donors (Lipinski definition) is 0. The van der Waals surface area contributed by atoms with E-state index in [0.717, 1.165) is 41.3 Å². The van der Waals surface area contributed by atoms with Crippen molar-refractivity contribution in [2.45, 2.75) is 12.8 Å². The molecule has 2 aliphatic heterocycles. The van der Waals surface area contributed by atoms with Crippen molar-refractivity contribution >= 4 is 90.4 Å². The Labute approximate surface area is 344 Å². The van der Waals surface area contributed by atoms with Gasteiger partial charge in [0.15, 0.2) is 0 Å². The van der Waals surface area contributed by atoms with Crippen molar-refractivity contribution in [1.29, 1.82) is 0 Å². The molecule has 1 aliphatic carbocycles.